The Bertz CT molecular complexity index is 485. The number of carbonyl (C=O) groups excluding carboxylic acids is 1. The molecule has 0 spiro atoms. The van der Waals surface area contributed by atoms with Crippen molar-refractivity contribution < 1.29 is 29.6 Å². The lowest BCUT2D eigenvalue weighted by Crippen LogP contribution is -2.41. The predicted molar refractivity (Wildman–Crippen MR) is 122 cm³/mol. The Morgan fingerprint density at radius 2 is 1.65 bits per heavy atom. The second-order valence-corrected chi connectivity index (χ2v) is 9.24. The highest BCUT2D eigenvalue weighted by Gasteiger charge is 2.32. The van der Waals surface area contributed by atoms with Crippen LogP contribution in [0, 0.1) is 5.92 Å². The fourth-order valence-corrected chi connectivity index (χ4v) is 3.80. The maximum absolute atomic E-state index is 10.3. The van der Waals surface area contributed by atoms with Gasteiger partial charge in [-0.05, 0) is 76.8 Å². The first-order valence-electron chi connectivity index (χ1n) is 12.1. The molecule has 31 heavy (non-hydrogen) atoms. The quantitative estimate of drug-likeness (QED) is 0.181. The van der Waals surface area contributed by atoms with Gasteiger partial charge in [0.25, 0.3) is 0 Å². The Balaban J connectivity index is 2.41. The van der Waals surface area contributed by atoms with Crippen molar-refractivity contribution in [2.24, 2.45) is 10.9 Å². The first kappa shape index (κ1) is 28.2. The van der Waals surface area contributed by atoms with Crippen LogP contribution < -0.4 is 0 Å². The molecule has 6 atom stereocenters. The molecule has 0 saturated carbocycles. The summed E-state index contributed by atoms with van der Waals surface area (Å²) in [6.07, 6.45) is 8.85. The molecule has 0 aromatic rings. The molecule has 7 heteroatoms. The summed E-state index contributed by atoms with van der Waals surface area (Å²) in [7, 11) is 0. The molecule has 1 aliphatic rings. The lowest BCUT2D eigenvalue weighted by atomic mass is 9.94. The Labute approximate surface area is 188 Å². The van der Waals surface area contributed by atoms with E-state index in [1.54, 1.807) is 6.92 Å². The monoisotopic (exact) mass is 443 g/mol. The molecule has 0 amide bonds. The molecule has 1 fully saturated rings. The van der Waals surface area contributed by atoms with Crippen LogP contribution in [0.5, 0.6) is 0 Å². The molecule has 0 aromatic heterocycles. The minimum atomic E-state index is -0.611. The molecule has 0 aromatic carbocycles. The number of hydrogen-bond acceptors (Lipinski definition) is 7. The zero-order valence-corrected chi connectivity index (χ0v) is 19.7. The molecule has 6 unspecified atom stereocenters. The van der Waals surface area contributed by atoms with Gasteiger partial charge in [-0.2, -0.15) is 0 Å². The first-order valence-corrected chi connectivity index (χ1v) is 12.1. The number of aldehydes is 1. The normalized spacial score (nSPS) is 25.1. The van der Waals surface area contributed by atoms with Crippen molar-refractivity contribution in [2.45, 2.75) is 128 Å². The standard InChI is InChI=1S/C24H45NO6/c1-18(2)23(29)17-22-16-21(15-20(28)14-19(3)27)30-24(31-22)10-6-8-12-25-11-7-4-5-9-13-26/h11,13,18-24,27-29H,4-10,12,14-17H2,1-3H3/b25-11+. The lowest BCUT2D eigenvalue weighted by molar-refractivity contribution is -0.254. The maximum atomic E-state index is 10.3. The van der Waals surface area contributed by atoms with Crippen LogP contribution in [-0.2, 0) is 14.3 Å². The van der Waals surface area contributed by atoms with E-state index in [1.807, 2.05) is 20.1 Å². The number of aliphatic hydroxyl groups excluding tert-OH is 3. The van der Waals surface area contributed by atoms with Gasteiger partial charge in [0, 0.05) is 19.4 Å². The molecule has 1 rings (SSSR count). The summed E-state index contributed by atoms with van der Waals surface area (Å²) in [5.74, 6) is 0.167. The molecule has 1 heterocycles. The summed E-state index contributed by atoms with van der Waals surface area (Å²) in [6, 6.07) is 0. The highest BCUT2D eigenvalue weighted by atomic mass is 16.7. The van der Waals surface area contributed by atoms with Gasteiger partial charge in [-0.25, -0.2) is 0 Å². The molecule has 7 nitrogen and oxygen atoms in total. The number of ether oxygens (including phenoxy) is 2. The average molecular weight is 444 g/mol. The van der Waals surface area contributed by atoms with Crippen LogP contribution in [0.25, 0.3) is 0 Å². The molecule has 1 saturated heterocycles. The molecule has 1 aliphatic heterocycles. The van der Waals surface area contributed by atoms with Gasteiger partial charge in [-0.1, -0.05) is 13.8 Å². The summed E-state index contributed by atoms with van der Waals surface area (Å²) >= 11 is 0. The van der Waals surface area contributed by atoms with E-state index in [1.165, 1.54) is 0 Å². The number of unbranched alkanes of at least 4 members (excludes halogenated alkanes) is 4. The van der Waals surface area contributed by atoms with E-state index in [0.717, 1.165) is 51.4 Å². The van der Waals surface area contributed by atoms with Crippen LogP contribution in [0.4, 0.5) is 0 Å². The minimum absolute atomic E-state index is 0.0933. The van der Waals surface area contributed by atoms with E-state index in [0.29, 0.717) is 32.1 Å². The summed E-state index contributed by atoms with van der Waals surface area (Å²) < 4.78 is 12.2. The zero-order valence-electron chi connectivity index (χ0n) is 19.7. The van der Waals surface area contributed by atoms with Gasteiger partial charge < -0.3 is 29.6 Å². The van der Waals surface area contributed by atoms with Crippen molar-refractivity contribution in [2.75, 3.05) is 6.54 Å². The number of aliphatic imine (C=N–C) groups is 1. The van der Waals surface area contributed by atoms with Gasteiger partial charge in [0.05, 0.1) is 30.5 Å². The molecular weight excluding hydrogens is 398 g/mol. The average Bonchev–Trinajstić information content (AvgIpc) is 2.68. The highest BCUT2D eigenvalue weighted by molar-refractivity contribution is 5.57. The topological polar surface area (TPSA) is 109 Å². The molecule has 0 aliphatic carbocycles. The van der Waals surface area contributed by atoms with Gasteiger partial charge in [-0.15, -0.1) is 0 Å². The van der Waals surface area contributed by atoms with Crippen molar-refractivity contribution in [3.63, 3.8) is 0 Å². The number of aliphatic hydroxyl groups is 3. The van der Waals surface area contributed by atoms with E-state index in [2.05, 4.69) is 4.99 Å². The van der Waals surface area contributed by atoms with Gasteiger partial charge in [0.2, 0.25) is 0 Å². The van der Waals surface area contributed by atoms with Crippen molar-refractivity contribution in [1.29, 1.82) is 0 Å². The summed E-state index contributed by atoms with van der Waals surface area (Å²) in [6.45, 7) is 6.43. The Morgan fingerprint density at radius 1 is 0.968 bits per heavy atom. The number of rotatable bonds is 17. The van der Waals surface area contributed by atoms with Gasteiger partial charge in [0.1, 0.15) is 6.29 Å². The van der Waals surface area contributed by atoms with Gasteiger partial charge in [-0.3, -0.25) is 4.99 Å². The zero-order chi connectivity index (χ0) is 23.1. The van der Waals surface area contributed by atoms with Crippen LogP contribution in [-0.4, -0.2) is 71.2 Å². The Morgan fingerprint density at radius 3 is 2.29 bits per heavy atom. The third-order valence-electron chi connectivity index (χ3n) is 5.65. The third kappa shape index (κ3) is 14.0. The minimum Gasteiger partial charge on any atom is -0.393 e. The molecule has 0 radical (unpaired) electrons. The first-order chi connectivity index (χ1) is 14.8. The van der Waals surface area contributed by atoms with Crippen molar-refractivity contribution in [1.82, 2.24) is 0 Å². The smallest absolute Gasteiger partial charge is 0.158 e. The van der Waals surface area contributed by atoms with Crippen LogP contribution >= 0.6 is 0 Å². The molecule has 3 N–H and O–H groups in total. The van der Waals surface area contributed by atoms with Crippen molar-refractivity contribution in [3.8, 4) is 0 Å². The maximum Gasteiger partial charge on any atom is 0.158 e. The van der Waals surface area contributed by atoms with E-state index in [9.17, 15) is 20.1 Å². The molecule has 0 bridgehead atoms. The fourth-order valence-electron chi connectivity index (χ4n) is 3.80. The lowest BCUT2D eigenvalue weighted by Gasteiger charge is -2.38. The van der Waals surface area contributed by atoms with Crippen molar-refractivity contribution in [3.05, 3.63) is 0 Å². The second kappa shape index (κ2) is 16.7. The second-order valence-electron chi connectivity index (χ2n) is 9.24. The van der Waals surface area contributed by atoms with E-state index < -0.39 is 18.3 Å². The van der Waals surface area contributed by atoms with E-state index in [-0.39, 0.29) is 24.4 Å². The van der Waals surface area contributed by atoms with Crippen LogP contribution in [0.1, 0.15) is 91.4 Å². The Kier molecular flexibility index (Phi) is 15.2. The van der Waals surface area contributed by atoms with E-state index in [4.69, 9.17) is 9.47 Å². The van der Waals surface area contributed by atoms with Crippen LogP contribution in [0.3, 0.4) is 0 Å². The van der Waals surface area contributed by atoms with Crippen molar-refractivity contribution >= 4 is 12.5 Å². The predicted octanol–water partition coefficient (Wildman–Crippen LogP) is 3.42. The number of hydrogen-bond donors (Lipinski definition) is 3. The van der Waals surface area contributed by atoms with Crippen LogP contribution in [0.15, 0.2) is 4.99 Å². The van der Waals surface area contributed by atoms with Crippen LogP contribution in [0.2, 0.25) is 0 Å². The van der Waals surface area contributed by atoms with E-state index >= 15 is 0 Å². The third-order valence-corrected chi connectivity index (χ3v) is 5.65. The van der Waals surface area contributed by atoms with Gasteiger partial charge in [0.15, 0.2) is 6.29 Å². The number of nitrogens with zero attached hydrogens (tertiary/aromatic N) is 1. The Hall–Kier alpha value is -0.860. The summed E-state index contributed by atoms with van der Waals surface area (Å²) in [4.78, 5) is 14.7. The highest BCUT2D eigenvalue weighted by Crippen LogP contribution is 2.28. The SMILES string of the molecule is CC(O)CC(O)CC1CC(CC(O)C(C)C)OC(CCCC/N=C/CCCCC=O)O1. The fraction of sp³-hybridized carbons (Fsp3) is 0.917. The largest absolute Gasteiger partial charge is 0.393 e. The molecular formula is C24H45NO6. The molecule has 182 valence electrons. The van der Waals surface area contributed by atoms with Gasteiger partial charge >= 0.3 is 0 Å². The number of carbonyl (C=O) groups is 1. The summed E-state index contributed by atoms with van der Waals surface area (Å²) in [5, 5.41) is 30.0. The summed E-state index contributed by atoms with van der Waals surface area (Å²) in [5.41, 5.74) is 0.